The summed E-state index contributed by atoms with van der Waals surface area (Å²) in [5.41, 5.74) is 4.45. The monoisotopic (exact) mass is 349 g/mol. The number of anilines is 1. The molecule has 112 valence electrons. The Bertz CT molecular complexity index is 666. The van der Waals surface area contributed by atoms with E-state index in [1.165, 1.54) is 32.0 Å². The first kappa shape index (κ1) is 16.1. The summed E-state index contributed by atoms with van der Waals surface area (Å²) in [4.78, 5) is 0. The molecule has 0 spiro atoms. The van der Waals surface area contributed by atoms with Crippen LogP contribution in [0.5, 0.6) is 11.6 Å². The van der Waals surface area contributed by atoms with Gasteiger partial charge in [0.1, 0.15) is 5.67 Å². The van der Waals surface area contributed by atoms with Crippen LogP contribution in [0.2, 0.25) is 15.2 Å². The van der Waals surface area contributed by atoms with Crippen LogP contribution in [-0.4, -0.2) is 10.2 Å². The van der Waals surface area contributed by atoms with Gasteiger partial charge < -0.3 is 10.5 Å². The number of nitrogens with two attached hydrogens (primary N) is 1. The molecule has 0 amide bonds. The van der Waals surface area contributed by atoms with Gasteiger partial charge in [-0.3, -0.25) is 0 Å². The van der Waals surface area contributed by atoms with Crippen LogP contribution in [0.15, 0.2) is 18.2 Å². The molecule has 1 aromatic heterocycles. The molecule has 0 aliphatic rings. The van der Waals surface area contributed by atoms with E-state index in [0.29, 0.717) is 5.69 Å². The number of hydrogen-bond donors (Lipinski definition) is 1. The molecule has 2 aromatic rings. The van der Waals surface area contributed by atoms with Gasteiger partial charge in [0.05, 0.1) is 10.0 Å². The predicted molar refractivity (Wildman–Crippen MR) is 82.1 cm³/mol. The van der Waals surface area contributed by atoms with Crippen molar-refractivity contribution in [2.24, 2.45) is 0 Å². The summed E-state index contributed by atoms with van der Waals surface area (Å²) in [6, 6.07) is 4.30. The number of hydrogen-bond acceptors (Lipinski definition) is 4. The normalized spacial score (nSPS) is 11.5. The van der Waals surface area contributed by atoms with Crippen molar-refractivity contribution >= 4 is 40.5 Å². The molecule has 0 fully saturated rings. The van der Waals surface area contributed by atoms with Gasteiger partial charge in [-0.2, -0.15) is 0 Å². The van der Waals surface area contributed by atoms with Gasteiger partial charge in [0.25, 0.3) is 0 Å². The van der Waals surface area contributed by atoms with Gasteiger partial charge in [0, 0.05) is 17.3 Å². The van der Waals surface area contributed by atoms with Crippen LogP contribution in [0.1, 0.15) is 19.4 Å². The van der Waals surface area contributed by atoms with Gasteiger partial charge >= 0.3 is 0 Å². The van der Waals surface area contributed by atoms with Crippen LogP contribution < -0.4 is 10.5 Å². The van der Waals surface area contributed by atoms with E-state index in [1.54, 1.807) is 0 Å². The Labute approximate surface area is 136 Å². The number of rotatable bonds is 3. The third-order valence-corrected chi connectivity index (χ3v) is 3.43. The molecule has 2 rings (SSSR count). The van der Waals surface area contributed by atoms with Crippen molar-refractivity contribution in [1.29, 1.82) is 0 Å². The number of aromatic nitrogens is 2. The van der Waals surface area contributed by atoms with Crippen molar-refractivity contribution < 1.29 is 9.13 Å². The SMILES string of the molecule is CC(C)(F)c1cc(Oc2c(Cl)cc(N)cc2Cl)nnc1Cl. The van der Waals surface area contributed by atoms with E-state index < -0.39 is 5.67 Å². The maximum Gasteiger partial charge on any atom is 0.239 e. The molecule has 1 aromatic carbocycles. The van der Waals surface area contributed by atoms with Crippen LogP contribution in [-0.2, 0) is 5.67 Å². The van der Waals surface area contributed by atoms with Crippen molar-refractivity contribution in [1.82, 2.24) is 10.2 Å². The third-order valence-electron chi connectivity index (χ3n) is 2.59. The van der Waals surface area contributed by atoms with E-state index in [0.717, 1.165) is 0 Å². The second kappa shape index (κ2) is 5.83. The van der Waals surface area contributed by atoms with E-state index in [4.69, 9.17) is 45.3 Å². The summed E-state index contributed by atoms with van der Waals surface area (Å²) in [6.45, 7) is 2.70. The molecular formula is C13H11Cl3FN3O. The second-order valence-electron chi connectivity index (χ2n) is 4.78. The smallest absolute Gasteiger partial charge is 0.239 e. The number of nitrogens with zero attached hydrogens (tertiary/aromatic N) is 2. The molecule has 21 heavy (non-hydrogen) atoms. The van der Waals surface area contributed by atoms with Crippen molar-refractivity contribution in [2.75, 3.05) is 5.73 Å². The maximum atomic E-state index is 14.0. The Morgan fingerprint density at radius 2 is 1.67 bits per heavy atom. The lowest BCUT2D eigenvalue weighted by molar-refractivity contribution is 0.219. The fourth-order valence-electron chi connectivity index (χ4n) is 1.61. The molecule has 0 unspecified atom stereocenters. The molecule has 0 atom stereocenters. The van der Waals surface area contributed by atoms with E-state index in [9.17, 15) is 4.39 Å². The molecule has 8 heteroatoms. The first-order valence-electron chi connectivity index (χ1n) is 5.83. The van der Waals surface area contributed by atoms with Crippen LogP contribution in [0.4, 0.5) is 10.1 Å². The van der Waals surface area contributed by atoms with Gasteiger partial charge in [0.15, 0.2) is 10.9 Å². The molecule has 0 saturated heterocycles. The van der Waals surface area contributed by atoms with E-state index in [2.05, 4.69) is 10.2 Å². The number of ether oxygens (including phenoxy) is 1. The zero-order valence-corrected chi connectivity index (χ0v) is 13.4. The highest BCUT2D eigenvalue weighted by atomic mass is 35.5. The second-order valence-corrected chi connectivity index (χ2v) is 5.95. The van der Waals surface area contributed by atoms with E-state index in [1.807, 2.05) is 0 Å². The quantitative estimate of drug-likeness (QED) is 0.790. The van der Waals surface area contributed by atoms with Crippen LogP contribution >= 0.6 is 34.8 Å². The van der Waals surface area contributed by atoms with Crippen LogP contribution in [0, 0.1) is 0 Å². The lowest BCUT2D eigenvalue weighted by Crippen LogP contribution is -2.11. The third kappa shape index (κ3) is 3.67. The summed E-state index contributed by atoms with van der Waals surface area (Å²) in [7, 11) is 0. The van der Waals surface area contributed by atoms with Gasteiger partial charge in [0.2, 0.25) is 5.88 Å². The molecule has 0 aliphatic carbocycles. The number of nitrogen functional groups attached to an aromatic ring is 1. The summed E-state index contributed by atoms with van der Waals surface area (Å²) in [6.07, 6.45) is 0. The molecule has 2 N–H and O–H groups in total. The average Bonchev–Trinajstić information content (AvgIpc) is 2.34. The minimum atomic E-state index is -1.69. The maximum absolute atomic E-state index is 14.0. The standard InChI is InChI=1S/C13H11Cl3FN3O/c1-13(2,17)7-5-10(19-20-12(7)16)21-11-8(14)3-6(18)4-9(11)15/h3-5H,18H2,1-2H3. The molecule has 0 radical (unpaired) electrons. The molecule has 0 saturated carbocycles. The minimum Gasteiger partial charge on any atom is -0.434 e. The predicted octanol–water partition coefficient (Wildman–Crippen LogP) is 5.02. The Kier molecular flexibility index (Phi) is 4.46. The summed E-state index contributed by atoms with van der Waals surface area (Å²) in [5.74, 6) is 0.181. The fourth-order valence-corrected chi connectivity index (χ4v) is 2.51. The van der Waals surface area contributed by atoms with Gasteiger partial charge in [-0.25, -0.2) is 4.39 Å². The average molecular weight is 351 g/mol. The molecule has 4 nitrogen and oxygen atoms in total. The number of halogens is 4. The summed E-state index contributed by atoms with van der Waals surface area (Å²) < 4.78 is 19.5. The minimum absolute atomic E-state index is 0.0219. The molecule has 0 aliphatic heterocycles. The first-order chi connectivity index (χ1) is 9.68. The zero-order chi connectivity index (χ0) is 15.8. The highest BCUT2D eigenvalue weighted by Crippen LogP contribution is 2.39. The van der Waals surface area contributed by atoms with Gasteiger partial charge in [-0.05, 0) is 26.0 Å². The first-order valence-corrected chi connectivity index (χ1v) is 6.97. The lowest BCUT2D eigenvalue weighted by Gasteiger charge is -2.16. The largest absolute Gasteiger partial charge is 0.434 e. The summed E-state index contributed by atoms with van der Waals surface area (Å²) in [5, 5.41) is 7.77. The highest BCUT2D eigenvalue weighted by molar-refractivity contribution is 6.37. The van der Waals surface area contributed by atoms with Crippen LogP contribution in [0.3, 0.4) is 0 Å². The van der Waals surface area contributed by atoms with Gasteiger partial charge in [-0.15, -0.1) is 10.2 Å². The number of alkyl halides is 1. The zero-order valence-electron chi connectivity index (χ0n) is 11.1. The molecule has 0 bridgehead atoms. The van der Waals surface area contributed by atoms with Crippen molar-refractivity contribution in [3.63, 3.8) is 0 Å². The van der Waals surface area contributed by atoms with E-state index >= 15 is 0 Å². The topological polar surface area (TPSA) is 61.0 Å². The Balaban J connectivity index is 2.42. The highest BCUT2D eigenvalue weighted by Gasteiger charge is 2.25. The van der Waals surface area contributed by atoms with Crippen molar-refractivity contribution in [2.45, 2.75) is 19.5 Å². The summed E-state index contributed by atoms with van der Waals surface area (Å²) >= 11 is 17.8. The van der Waals surface area contributed by atoms with Crippen molar-refractivity contribution in [3.8, 4) is 11.6 Å². The molecule has 1 heterocycles. The fraction of sp³-hybridized carbons (Fsp3) is 0.231. The Morgan fingerprint density at radius 1 is 1.10 bits per heavy atom. The Morgan fingerprint density at radius 3 is 2.19 bits per heavy atom. The van der Waals surface area contributed by atoms with Crippen LogP contribution in [0.25, 0.3) is 0 Å². The molecular weight excluding hydrogens is 340 g/mol. The van der Waals surface area contributed by atoms with Crippen molar-refractivity contribution in [3.05, 3.63) is 39.0 Å². The van der Waals surface area contributed by atoms with E-state index in [-0.39, 0.29) is 32.4 Å². The van der Waals surface area contributed by atoms with Gasteiger partial charge in [-0.1, -0.05) is 34.8 Å². The number of benzene rings is 1. The Hall–Kier alpha value is -1.30. The lowest BCUT2D eigenvalue weighted by atomic mass is 10.0.